The Morgan fingerprint density at radius 3 is 2.52 bits per heavy atom. The molecule has 1 atom stereocenters. The standard InChI is InChI=1S/C23H13Cl2FN2O3/c24-13-3-7-16(19(25)9-13)23(29)30-15-6-8-17-20(10-15)31-22(28)18(11-27)21(17)12-1-4-14(26)5-2-12/h1-10,21H,28H2. The van der Waals surface area contributed by atoms with Gasteiger partial charge in [0, 0.05) is 16.7 Å². The van der Waals surface area contributed by atoms with Crippen LogP contribution >= 0.6 is 23.2 Å². The Morgan fingerprint density at radius 1 is 1.10 bits per heavy atom. The van der Waals surface area contributed by atoms with E-state index in [1.807, 2.05) is 0 Å². The van der Waals surface area contributed by atoms with Gasteiger partial charge in [-0.3, -0.25) is 0 Å². The number of carbonyl (C=O) groups is 1. The molecule has 31 heavy (non-hydrogen) atoms. The molecular weight excluding hydrogens is 442 g/mol. The van der Waals surface area contributed by atoms with E-state index < -0.39 is 17.7 Å². The topological polar surface area (TPSA) is 85.3 Å². The summed E-state index contributed by atoms with van der Waals surface area (Å²) in [6, 6.07) is 17.0. The van der Waals surface area contributed by atoms with E-state index >= 15 is 0 Å². The number of carbonyl (C=O) groups excluding carboxylic acids is 1. The van der Waals surface area contributed by atoms with E-state index in [1.165, 1.54) is 36.4 Å². The van der Waals surface area contributed by atoms with Crippen LogP contribution in [0.25, 0.3) is 0 Å². The third-order valence-electron chi connectivity index (χ3n) is 4.76. The van der Waals surface area contributed by atoms with Crippen LogP contribution in [0.1, 0.15) is 27.4 Å². The van der Waals surface area contributed by atoms with Crippen LogP contribution in [0, 0.1) is 17.1 Å². The fraction of sp³-hybridized carbons (Fsp3) is 0.0435. The zero-order valence-corrected chi connectivity index (χ0v) is 17.2. The van der Waals surface area contributed by atoms with Crippen molar-refractivity contribution in [1.82, 2.24) is 0 Å². The molecule has 0 spiro atoms. The lowest BCUT2D eigenvalue weighted by Crippen LogP contribution is -2.21. The highest BCUT2D eigenvalue weighted by Gasteiger charge is 2.31. The van der Waals surface area contributed by atoms with Gasteiger partial charge in [-0.05, 0) is 42.0 Å². The first-order valence-corrected chi connectivity index (χ1v) is 9.77. The van der Waals surface area contributed by atoms with Crippen LogP contribution in [0.3, 0.4) is 0 Å². The normalized spacial score (nSPS) is 15.0. The van der Waals surface area contributed by atoms with Gasteiger partial charge in [-0.2, -0.15) is 5.26 Å². The molecule has 154 valence electrons. The van der Waals surface area contributed by atoms with Crippen LogP contribution in [0.15, 0.2) is 72.1 Å². The van der Waals surface area contributed by atoms with Crippen LogP contribution < -0.4 is 15.2 Å². The molecule has 0 bridgehead atoms. The fourth-order valence-corrected chi connectivity index (χ4v) is 3.80. The first kappa shape index (κ1) is 20.7. The van der Waals surface area contributed by atoms with Gasteiger partial charge in [-0.15, -0.1) is 0 Å². The van der Waals surface area contributed by atoms with Crippen molar-refractivity contribution in [1.29, 1.82) is 5.26 Å². The third kappa shape index (κ3) is 4.06. The SMILES string of the molecule is N#CC1=C(N)Oc2cc(OC(=O)c3ccc(Cl)cc3Cl)ccc2C1c1ccc(F)cc1. The zero-order valence-electron chi connectivity index (χ0n) is 15.7. The number of nitrogens with two attached hydrogens (primary N) is 1. The zero-order chi connectivity index (χ0) is 22.1. The summed E-state index contributed by atoms with van der Waals surface area (Å²) >= 11 is 11.9. The first-order chi connectivity index (χ1) is 14.9. The lowest BCUT2D eigenvalue weighted by Gasteiger charge is -2.26. The maximum atomic E-state index is 13.4. The van der Waals surface area contributed by atoms with E-state index in [2.05, 4.69) is 6.07 Å². The maximum absolute atomic E-state index is 13.4. The molecule has 0 aromatic heterocycles. The Kier molecular flexibility index (Phi) is 5.55. The summed E-state index contributed by atoms with van der Waals surface area (Å²) < 4.78 is 24.4. The quantitative estimate of drug-likeness (QED) is 0.412. The van der Waals surface area contributed by atoms with Gasteiger partial charge in [-0.25, -0.2) is 9.18 Å². The number of nitriles is 1. The minimum atomic E-state index is -0.672. The Hall–Kier alpha value is -3.53. The molecule has 1 heterocycles. The highest BCUT2D eigenvalue weighted by Crippen LogP contribution is 2.43. The summed E-state index contributed by atoms with van der Waals surface area (Å²) in [4.78, 5) is 12.5. The van der Waals surface area contributed by atoms with Crippen molar-refractivity contribution < 1.29 is 18.7 Å². The maximum Gasteiger partial charge on any atom is 0.345 e. The Morgan fingerprint density at radius 2 is 1.84 bits per heavy atom. The number of fused-ring (bicyclic) bond motifs is 1. The van der Waals surface area contributed by atoms with Crippen molar-refractivity contribution in [2.75, 3.05) is 0 Å². The van der Waals surface area contributed by atoms with Crippen molar-refractivity contribution in [2.24, 2.45) is 5.73 Å². The van der Waals surface area contributed by atoms with Crippen LogP contribution in [0.2, 0.25) is 10.0 Å². The van der Waals surface area contributed by atoms with Gasteiger partial charge in [0.25, 0.3) is 0 Å². The molecular formula is C23H13Cl2FN2O3. The molecule has 0 saturated carbocycles. The number of hydrogen-bond acceptors (Lipinski definition) is 5. The van der Waals surface area contributed by atoms with Crippen LogP contribution in [-0.2, 0) is 0 Å². The summed E-state index contributed by atoms with van der Waals surface area (Å²) in [5, 5.41) is 10.1. The summed E-state index contributed by atoms with van der Waals surface area (Å²) in [5.41, 5.74) is 7.62. The van der Waals surface area contributed by atoms with Gasteiger partial charge in [0.15, 0.2) is 0 Å². The highest BCUT2D eigenvalue weighted by molar-refractivity contribution is 6.36. The van der Waals surface area contributed by atoms with Gasteiger partial charge < -0.3 is 15.2 Å². The average Bonchev–Trinajstić information content (AvgIpc) is 2.73. The van der Waals surface area contributed by atoms with Crippen molar-refractivity contribution in [3.05, 3.63) is 105 Å². The summed E-state index contributed by atoms with van der Waals surface area (Å²) in [6.45, 7) is 0. The fourth-order valence-electron chi connectivity index (χ4n) is 3.31. The number of halogens is 3. The number of benzene rings is 3. The molecule has 0 aliphatic carbocycles. The molecule has 1 aliphatic rings. The van der Waals surface area contributed by atoms with Crippen molar-refractivity contribution in [2.45, 2.75) is 5.92 Å². The number of rotatable bonds is 3. The van der Waals surface area contributed by atoms with E-state index in [-0.39, 0.29) is 27.8 Å². The molecule has 1 unspecified atom stereocenters. The molecule has 3 aromatic rings. The molecule has 2 N–H and O–H groups in total. The summed E-state index contributed by atoms with van der Waals surface area (Å²) in [7, 11) is 0. The largest absolute Gasteiger partial charge is 0.440 e. The number of hydrogen-bond donors (Lipinski definition) is 1. The molecule has 0 fully saturated rings. The van der Waals surface area contributed by atoms with Crippen LogP contribution in [-0.4, -0.2) is 5.97 Å². The minimum absolute atomic E-state index is 0.0754. The average molecular weight is 455 g/mol. The second-order valence-electron chi connectivity index (χ2n) is 6.69. The molecule has 0 radical (unpaired) electrons. The van der Waals surface area contributed by atoms with Gasteiger partial charge in [-0.1, -0.05) is 41.4 Å². The number of nitrogens with zero attached hydrogens (tertiary/aromatic N) is 1. The van der Waals surface area contributed by atoms with E-state index in [9.17, 15) is 14.4 Å². The van der Waals surface area contributed by atoms with Gasteiger partial charge in [0.1, 0.15) is 29.0 Å². The predicted octanol–water partition coefficient (Wildman–Crippen LogP) is 5.57. The predicted molar refractivity (Wildman–Crippen MR) is 114 cm³/mol. The van der Waals surface area contributed by atoms with Crippen LogP contribution in [0.5, 0.6) is 11.5 Å². The number of allylic oxidation sites excluding steroid dienone is 1. The second-order valence-corrected chi connectivity index (χ2v) is 7.53. The molecule has 5 nitrogen and oxygen atoms in total. The van der Waals surface area contributed by atoms with E-state index in [4.69, 9.17) is 38.4 Å². The summed E-state index contributed by atoms with van der Waals surface area (Å²) in [5.74, 6) is -1.18. The number of ether oxygens (including phenoxy) is 2. The van der Waals surface area contributed by atoms with Crippen molar-refractivity contribution >= 4 is 29.2 Å². The molecule has 3 aromatic carbocycles. The second kappa shape index (κ2) is 8.31. The van der Waals surface area contributed by atoms with Crippen LogP contribution in [0.4, 0.5) is 4.39 Å². The van der Waals surface area contributed by atoms with E-state index in [1.54, 1.807) is 24.3 Å². The molecule has 0 saturated heterocycles. The molecule has 0 amide bonds. The Balaban J connectivity index is 1.69. The monoisotopic (exact) mass is 454 g/mol. The molecule has 1 aliphatic heterocycles. The number of esters is 1. The first-order valence-electron chi connectivity index (χ1n) is 9.01. The lowest BCUT2D eigenvalue weighted by atomic mass is 9.83. The Labute approximate surface area is 187 Å². The smallest absolute Gasteiger partial charge is 0.345 e. The molecule has 8 heteroatoms. The highest BCUT2D eigenvalue weighted by atomic mass is 35.5. The molecule has 4 rings (SSSR count). The van der Waals surface area contributed by atoms with Gasteiger partial charge in [0.05, 0.1) is 16.5 Å². The van der Waals surface area contributed by atoms with Gasteiger partial charge in [0.2, 0.25) is 5.88 Å². The lowest BCUT2D eigenvalue weighted by molar-refractivity contribution is 0.0734. The minimum Gasteiger partial charge on any atom is -0.440 e. The van der Waals surface area contributed by atoms with Gasteiger partial charge >= 0.3 is 5.97 Å². The third-order valence-corrected chi connectivity index (χ3v) is 5.30. The van der Waals surface area contributed by atoms with E-state index in [0.29, 0.717) is 21.9 Å². The van der Waals surface area contributed by atoms with Crippen molar-refractivity contribution in [3.8, 4) is 17.6 Å². The Bertz CT molecular complexity index is 1270. The van der Waals surface area contributed by atoms with E-state index in [0.717, 1.165) is 0 Å². The summed E-state index contributed by atoms with van der Waals surface area (Å²) in [6.07, 6.45) is 0. The van der Waals surface area contributed by atoms with Crippen molar-refractivity contribution in [3.63, 3.8) is 0 Å².